The van der Waals surface area contributed by atoms with E-state index >= 15 is 0 Å². The first-order valence-corrected chi connectivity index (χ1v) is 14.5. The van der Waals surface area contributed by atoms with Crippen LogP contribution in [-0.2, 0) is 11.0 Å². The second-order valence-electron chi connectivity index (χ2n) is 10.9. The normalized spacial score (nSPS) is 10.8. The number of aromatic nitrogens is 2. The van der Waals surface area contributed by atoms with Crippen molar-refractivity contribution in [2.45, 2.75) is 46.5 Å². The number of hydrazine groups is 1. The van der Waals surface area contributed by atoms with Crippen LogP contribution in [0, 0.1) is 27.7 Å². The second kappa shape index (κ2) is 17.5. The number of nitrogens with two attached hydrogens (primary N) is 1. The highest BCUT2D eigenvalue weighted by molar-refractivity contribution is 6.09. The van der Waals surface area contributed by atoms with Gasteiger partial charge in [0.25, 0.3) is 0 Å². The fourth-order valence-corrected chi connectivity index (χ4v) is 4.23. The molecule has 0 unspecified atom stereocenters. The number of rotatable bonds is 6. The third kappa shape index (κ3) is 12.2. The molecule has 0 aliphatic rings. The molecule has 0 fully saturated rings. The van der Waals surface area contributed by atoms with Crippen molar-refractivity contribution < 1.29 is 35.9 Å². The molecule has 260 valence electrons. The Morgan fingerprint density at radius 2 is 1.24 bits per heavy atom. The van der Waals surface area contributed by atoms with Crippen molar-refractivity contribution >= 4 is 29.7 Å². The van der Waals surface area contributed by atoms with Crippen LogP contribution in [0.5, 0.6) is 0 Å². The van der Waals surface area contributed by atoms with E-state index < -0.39 is 36.0 Å². The van der Waals surface area contributed by atoms with E-state index in [1.54, 1.807) is 43.3 Å². The number of nitrogen functional groups attached to an aromatic ring is 1. The smallest absolute Gasteiger partial charge is 0.324 e. The zero-order valence-electron chi connectivity index (χ0n) is 27.0. The van der Waals surface area contributed by atoms with Crippen LogP contribution >= 0.6 is 12.4 Å². The predicted octanol–water partition coefficient (Wildman–Crippen LogP) is 9.58. The molecule has 0 saturated heterocycles. The van der Waals surface area contributed by atoms with Crippen LogP contribution in [0.15, 0.2) is 103 Å². The van der Waals surface area contributed by atoms with Crippen molar-refractivity contribution in [2.75, 3.05) is 5.43 Å². The summed E-state index contributed by atoms with van der Waals surface area (Å²) < 4.78 is 76.3. The van der Waals surface area contributed by atoms with Gasteiger partial charge < -0.3 is 5.43 Å². The van der Waals surface area contributed by atoms with Gasteiger partial charge in [0.15, 0.2) is 11.5 Å². The Kier molecular flexibility index (Phi) is 14.3. The third-order valence-corrected chi connectivity index (χ3v) is 6.79. The number of carbonyl (C=O) groups is 2. The molecule has 4 aromatic carbocycles. The Morgan fingerprint density at radius 1 is 0.714 bits per heavy atom. The largest absolute Gasteiger partial charge is 0.450 e. The number of halogens is 7. The number of nitrogens with one attached hydrogen (secondary N) is 1. The molecular weight excluding hydrogens is 670 g/mol. The number of Topliss-reactive ketones (excluding diaryl/α,β-unsaturated/α-hetero) is 2. The van der Waals surface area contributed by atoms with E-state index in [1.165, 1.54) is 22.4 Å². The first-order valence-electron chi connectivity index (χ1n) is 14.5. The number of nitrogens with zero attached hydrogens (tertiary/aromatic N) is 2. The maximum atomic E-state index is 13.1. The summed E-state index contributed by atoms with van der Waals surface area (Å²) in [6.07, 6.45) is -10.6. The number of ketones is 2. The topological polar surface area (TPSA) is 90.0 Å². The Bertz CT molecular complexity index is 1830. The minimum absolute atomic E-state index is 0. The summed E-state index contributed by atoms with van der Waals surface area (Å²) in [5, 5.41) is 3.78. The van der Waals surface area contributed by atoms with Crippen LogP contribution in [0.25, 0.3) is 16.9 Å². The fourth-order valence-electron chi connectivity index (χ4n) is 4.23. The summed E-state index contributed by atoms with van der Waals surface area (Å²) in [5.41, 5.74) is 8.57. The summed E-state index contributed by atoms with van der Waals surface area (Å²) in [6.45, 7) is 7.64. The van der Waals surface area contributed by atoms with Crippen LogP contribution in [0.3, 0.4) is 0 Å². The molecule has 5 rings (SSSR count). The Hall–Kier alpha value is -4.94. The molecule has 0 atom stereocenters. The molecule has 6 nitrogen and oxygen atoms in total. The minimum Gasteiger partial charge on any atom is -0.324 e. The highest BCUT2D eigenvalue weighted by atomic mass is 35.5. The molecule has 0 bridgehead atoms. The Labute approximate surface area is 286 Å². The van der Waals surface area contributed by atoms with Gasteiger partial charge in [0.05, 0.1) is 17.8 Å². The van der Waals surface area contributed by atoms with Gasteiger partial charge in [0.2, 0.25) is 5.78 Å². The highest BCUT2D eigenvalue weighted by Gasteiger charge is 2.39. The highest BCUT2D eigenvalue weighted by Crippen LogP contribution is 2.33. The molecule has 0 saturated carbocycles. The van der Waals surface area contributed by atoms with Gasteiger partial charge in [0, 0.05) is 16.8 Å². The molecule has 0 radical (unpaired) electrons. The van der Waals surface area contributed by atoms with Crippen LogP contribution in [0.2, 0.25) is 0 Å². The van der Waals surface area contributed by atoms with Gasteiger partial charge in [-0.25, -0.2) is 4.68 Å². The monoisotopic (exact) mass is 704 g/mol. The summed E-state index contributed by atoms with van der Waals surface area (Å²) in [5.74, 6) is 2.34. The molecule has 0 amide bonds. The number of anilines is 1. The third-order valence-electron chi connectivity index (χ3n) is 6.79. The lowest BCUT2D eigenvalue weighted by molar-refractivity contribution is -0.170. The molecule has 0 spiro atoms. The number of carbonyl (C=O) groups excluding carboxylic acids is 2. The van der Waals surface area contributed by atoms with Crippen molar-refractivity contribution in [2.24, 2.45) is 5.84 Å². The van der Waals surface area contributed by atoms with Gasteiger partial charge in [0.1, 0.15) is 0 Å². The maximum Gasteiger partial charge on any atom is 0.450 e. The molecule has 5 aromatic rings. The first kappa shape index (κ1) is 40.2. The second-order valence-corrected chi connectivity index (χ2v) is 10.9. The average Bonchev–Trinajstić information content (AvgIpc) is 3.48. The zero-order chi connectivity index (χ0) is 35.6. The van der Waals surface area contributed by atoms with Crippen LogP contribution in [0.4, 0.5) is 32.0 Å². The Balaban J connectivity index is 0.000000279. The molecule has 13 heteroatoms. The van der Waals surface area contributed by atoms with Gasteiger partial charge in [-0.05, 0) is 69.2 Å². The van der Waals surface area contributed by atoms with E-state index in [2.05, 4.69) is 10.5 Å². The SMILES string of the molecule is Cc1ccc(-c2cc(C(F)(F)F)nn2-c2cccc(C)c2)cc1.Cc1ccc(C(=O)CC(=O)C(F)(F)F)cc1.Cc1cccc(NN)c1.Cl. The zero-order valence-corrected chi connectivity index (χ0v) is 27.8. The van der Waals surface area contributed by atoms with Gasteiger partial charge in [-0.3, -0.25) is 15.4 Å². The van der Waals surface area contributed by atoms with E-state index in [1.807, 2.05) is 69.3 Å². The standard InChI is InChI=1S/C18H15F3N2.C11H9F3O2.C7H10N2.ClH/c1-12-6-8-14(9-7-12)16-11-17(18(19,20)21)22-23(16)15-5-3-4-13(2)10-15;1-7-2-4-8(5-3-7)9(15)6-10(16)11(12,13)14;1-6-3-2-4-7(5-6)9-8;/h3-11H,1-2H3;2-5H,6H2,1H3;2-5,9H,8H2,1H3;1H. The summed E-state index contributed by atoms with van der Waals surface area (Å²) in [7, 11) is 0. The van der Waals surface area contributed by atoms with Gasteiger partial charge in [-0.15, -0.1) is 12.4 Å². The molecule has 0 aliphatic carbocycles. The fraction of sp³-hybridized carbons (Fsp3) is 0.194. The van der Waals surface area contributed by atoms with Crippen LogP contribution in [0.1, 0.15) is 44.7 Å². The maximum absolute atomic E-state index is 13.1. The summed E-state index contributed by atoms with van der Waals surface area (Å²) in [4.78, 5) is 21.9. The summed E-state index contributed by atoms with van der Waals surface area (Å²) in [6, 6.07) is 29.6. The van der Waals surface area contributed by atoms with Crippen molar-refractivity contribution in [1.29, 1.82) is 0 Å². The average molecular weight is 705 g/mol. The summed E-state index contributed by atoms with van der Waals surface area (Å²) >= 11 is 0. The van der Waals surface area contributed by atoms with E-state index in [0.717, 1.165) is 28.4 Å². The molecular formula is C36H35ClF6N4O2. The van der Waals surface area contributed by atoms with E-state index in [9.17, 15) is 35.9 Å². The lowest BCUT2D eigenvalue weighted by Gasteiger charge is -2.08. The molecule has 0 aliphatic heterocycles. The van der Waals surface area contributed by atoms with Gasteiger partial charge >= 0.3 is 12.4 Å². The van der Waals surface area contributed by atoms with E-state index in [-0.39, 0.29) is 18.0 Å². The first-order chi connectivity index (χ1) is 22.5. The van der Waals surface area contributed by atoms with Crippen LogP contribution < -0.4 is 11.3 Å². The van der Waals surface area contributed by atoms with E-state index in [0.29, 0.717) is 16.9 Å². The van der Waals surface area contributed by atoms with E-state index in [4.69, 9.17) is 5.84 Å². The lowest BCUT2D eigenvalue weighted by atomic mass is 10.0. The molecule has 49 heavy (non-hydrogen) atoms. The van der Waals surface area contributed by atoms with Crippen LogP contribution in [-0.4, -0.2) is 27.5 Å². The predicted molar refractivity (Wildman–Crippen MR) is 181 cm³/mol. The number of aryl methyl sites for hydroxylation is 4. The van der Waals surface area contributed by atoms with Gasteiger partial charge in [-0.2, -0.15) is 31.4 Å². The lowest BCUT2D eigenvalue weighted by Crippen LogP contribution is -2.25. The Morgan fingerprint density at radius 3 is 1.71 bits per heavy atom. The number of hydrogen-bond donors (Lipinski definition) is 2. The molecule has 1 aromatic heterocycles. The van der Waals surface area contributed by atoms with Crippen molar-refractivity contribution in [3.63, 3.8) is 0 Å². The number of benzene rings is 4. The minimum atomic E-state index is -4.94. The quantitative estimate of drug-likeness (QED) is 0.0604. The van der Waals surface area contributed by atoms with Crippen molar-refractivity contribution in [3.05, 3.63) is 137 Å². The van der Waals surface area contributed by atoms with Crippen molar-refractivity contribution in [1.82, 2.24) is 9.78 Å². The van der Waals surface area contributed by atoms with Gasteiger partial charge in [-0.1, -0.05) is 83.9 Å². The number of hydrogen-bond acceptors (Lipinski definition) is 5. The van der Waals surface area contributed by atoms with Crippen molar-refractivity contribution in [3.8, 4) is 16.9 Å². The molecule has 1 heterocycles. The number of alkyl halides is 6. The molecule has 3 N–H and O–H groups in total.